The Morgan fingerprint density at radius 1 is 1.21 bits per heavy atom. The lowest BCUT2D eigenvalue weighted by Gasteiger charge is -2.08. The highest BCUT2D eigenvalue weighted by atomic mass is 79.9. The van der Waals surface area contributed by atoms with Crippen LogP contribution in [0.3, 0.4) is 0 Å². The number of rotatable bonds is 4. The minimum absolute atomic E-state index is 0.0871. The Kier molecular flexibility index (Phi) is 4.82. The van der Waals surface area contributed by atoms with Gasteiger partial charge in [0.1, 0.15) is 5.75 Å². The third-order valence-corrected chi connectivity index (χ3v) is 3.10. The zero-order valence-corrected chi connectivity index (χ0v) is 12.2. The van der Waals surface area contributed by atoms with Crippen molar-refractivity contribution in [3.05, 3.63) is 58.0 Å². The first-order chi connectivity index (χ1) is 9.15. The van der Waals surface area contributed by atoms with Crippen LogP contribution in [-0.4, -0.2) is 12.5 Å². The van der Waals surface area contributed by atoms with Crippen LogP contribution >= 0.6 is 27.5 Å². The summed E-state index contributed by atoms with van der Waals surface area (Å²) >= 11 is 9.29. The molecule has 19 heavy (non-hydrogen) atoms. The maximum Gasteiger partial charge on any atom is 0.262 e. The molecule has 0 saturated heterocycles. The molecule has 2 rings (SSSR count). The van der Waals surface area contributed by atoms with Crippen LogP contribution in [0.2, 0.25) is 5.02 Å². The topological polar surface area (TPSA) is 38.3 Å². The minimum Gasteiger partial charge on any atom is -0.482 e. The lowest BCUT2D eigenvalue weighted by atomic mass is 10.3. The Morgan fingerprint density at radius 3 is 2.63 bits per heavy atom. The highest BCUT2D eigenvalue weighted by Gasteiger charge is 2.06. The molecule has 2 aromatic rings. The van der Waals surface area contributed by atoms with Crippen LogP contribution in [0.5, 0.6) is 5.75 Å². The van der Waals surface area contributed by atoms with Crippen molar-refractivity contribution in [3.63, 3.8) is 0 Å². The first-order valence-electron chi connectivity index (χ1n) is 5.58. The second kappa shape index (κ2) is 6.59. The highest BCUT2D eigenvalue weighted by Crippen LogP contribution is 2.27. The van der Waals surface area contributed by atoms with E-state index in [0.29, 0.717) is 10.8 Å². The van der Waals surface area contributed by atoms with Gasteiger partial charge >= 0.3 is 0 Å². The van der Waals surface area contributed by atoms with E-state index in [1.54, 1.807) is 18.2 Å². The molecule has 0 aliphatic rings. The number of ether oxygens (including phenoxy) is 1. The van der Waals surface area contributed by atoms with Crippen molar-refractivity contribution in [3.8, 4) is 5.75 Å². The Bertz CT molecular complexity index is 575. The number of hydrogen-bond acceptors (Lipinski definition) is 2. The Balaban J connectivity index is 1.90. The van der Waals surface area contributed by atoms with Crippen LogP contribution in [0.25, 0.3) is 0 Å². The number of carbonyl (C=O) groups excluding carboxylic acids is 1. The van der Waals surface area contributed by atoms with E-state index >= 15 is 0 Å². The average molecular weight is 341 g/mol. The number of carbonyl (C=O) groups is 1. The average Bonchev–Trinajstić information content (AvgIpc) is 2.39. The molecule has 0 bridgehead atoms. The standard InChI is InChI=1S/C14H11BrClNO2/c15-10-6-7-13(12(16)8-10)19-9-14(18)17-11-4-2-1-3-5-11/h1-8H,9H2,(H,17,18). The van der Waals surface area contributed by atoms with E-state index in [1.165, 1.54) is 0 Å². The van der Waals surface area contributed by atoms with E-state index in [2.05, 4.69) is 21.2 Å². The predicted molar refractivity (Wildman–Crippen MR) is 79.7 cm³/mol. The van der Waals surface area contributed by atoms with Crippen molar-refractivity contribution in [2.75, 3.05) is 11.9 Å². The fourth-order valence-corrected chi connectivity index (χ4v) is 2.18. The molecule has 0 aromatic heterocycles. The van der Waals surface area contributed by atoms with Crippen LogP contribution in [0.4, 0.5) is 5.69 Å². The second-order valence-electron chi connectivity index (χ2n) is 3.78. The van der Waals surface area contributed by atoms with Gasteiger partial charge in [-0.05, 0) is 30.3 Å². The molecule has 2 aromatic carbocycles. The summed E-state index contributed by atoms with van der Waals surface area (Å²) < 4.78 is 6.22. The van der Waals surface area contributed by atoms with Crippen molar-refractivity contribution in [1.82, 2.24) is 0 Å². The van der Waals surface area contributed by atoms with Crippen LogP contribution in [0, 0.1) is 0 Å². The molecular weight excluding hydrogens is 330 g/mol. The molecule has 0 aliphatic heterocycles. The molecule has 0 spiro atoms. The molecule has 0 atom stereocenters. The van der Waals surface area contributed by atoms with E-state index in [4.69, 9.17) is 16.3 Å². The van der Waals surface area contributed by atoms with Gasteiger partial charge in [-0.2, -0.15) is 0 Å². The molecular formula is C14H11BrClNO2. The second-order valence-corrected chi connectivity index (χ2v) is 5.10. The van der Waals surface area contributed by atoms with Gasteiger partial charge in [0.25, 0.3) is 5.91 Å². The summed E-state index contributed by atoms with van der Waals surface area (Å²) in [5.41, 5.74) is 0.734. The number of halogens is 2. The number of benzene rings is 2. The number of amides is 1. The predicted octanol–water partition coefficient (Wildman–Crippen LogP) is 4.12. The van der Waals surface area contributed by atoms with Crippen molar-refractivity contribution >= 4 is 39.1 Å². The summed E-state index contributed by atoms with van der Waals surface area (Å²) in [6.07, 6.45) is 0. The largest absolute Gasteiger partial charge is 0.482 e. The molecule has 98 valence electrons. The third-order valence-electron chi connectivity index (χ3n) is 2.31. The SMILES string of the molecule is O=C(COc1ccc(Br)cc1Cl)Nc1ccccc1. The molecule has 3 nitrogen and oxygen atoms in total. The van der Waals surface area contributed by atoms with E-state index in [9.17, 15) is 4.79 Å². The third kappa shape index (κ3) is 4.26. The maximum absolute atomic E-state index is 11.7. The molecule has 1 amide bonds. The fraction of sp³-hybridized carbons (Fsp3) is 0.0714. The highest BCUT2D eigenvalue weighted by molar-refractivity contribution is 9.10. The maximum atomic E-state index is 11.7. The van der Waals surface area contributed by atoms with Gasteiger partial charge in [0, 0.05) is 10.2 Å². The number of hydrogen-bond donors (Lipinski definition) is 1. The Labute approximate surface area is 124 Å². The summed E-state index contributed by atoms with van der Waals surface area (Å²) in [6, 6.07) is 14.4. The normalized spacial score (nSPS) is 10.0. The fourth-order valence-electron chi connectivity index (χ4n) is 1.45. The van der Waals surface area contributed by atoms with Gasteiger partial charge in [0.2, 0.25) is 0 Å². The van der Waals surface area contributed by atoms with Crippen LogP contribution in [0.1, 0.15) is 0 Å². The number of nitrogens with one attached hydrogen (secondary N) is 1. The quantitative estimate of drug-likeness (QED) is 0.909. The molecule has 0 radical (unpaired) electrons. The van der Waals surface area contributed by atoms with Gasteiger partial charge in [-0.3, -0.25) is 4.79 Å². The Hall–Kier alpha value is -1.52. The van der Waals surface area contributed by atoms with Crippen molar-refractivity contribution < 1.29 is 9.53 Å². The van der Waals surface area contributed by atoms with Gasteiger partial charge in [-0.1, -0.05) is 45.7 Å². The van der Waals surface area contributed by atoms with E-state index < -0.39 is 0 Å². The van der Waals surface area contributed by atoms with Gasteiger partial charge in [0.05, 0.1) is 5.02 Å². The minimum atomic E-state index is -0.231. The smallest absolute Gasteiger partial charge is 0.262 e. The van der Waals surface area contributed by atoms with Crippen LogP contribution in [-0.2, 0) is 4.79 Å². The van der Waals surface area contributed by atoms with Crippen LogP contribution in [0.15, 0.2) is 53.0 Å². The summed E-state index contributed by atoms with van der Waals surface area (Å²) in [5.74, 6) is 0.248. The van der Waals surface area contributed by atoms with Gasteiger partial charge in [-0.15, -0.1) is 0 Å². The molecule has 0 aliphatic carbocycles. The molecule has 0 unspecified atom stereocenters. The summed E-state index contributed by atoms with van der Waals surface area (Å²) in [6.45, 7) is -0.0871. The summed E-state index contributed by atoms with van der Waals surface area (Å²) in [5, 5.41) is 3.19. The molecule has 0 heterocycles. The molecule has 0 fully saturated rings. The summed E-state index contributed by atoms with van der Waals surface area (Å²) in [7, 11) is 0. The van der Waals surface area contributed by atoms with Gasteiger partial charge < -0.3 is 10.1 Å². The van der Waals surface area contributed by atoms with E-state index in [0.717, 1.165) is 10.2 Å². The molecule has 0 saturated carbocycles. The van der Waals surface area contributed by atoms with Gasteiger partial charge in [-0.25, -0.2) is 0 Å². The van der Waals surface area contributed by atoms with Crippen molar-refractivity contribution in [1.29, 1.82) is 0 Å². The van der Waals surface area contributed by atoms with Gasteiger partial charge in [0.15, 0.2) is 6.61 Å². The number of para-hydroxylation sites is 1. The van der Waals surface area contributed by atoms with E-state index in [1.807, 2.05) is 30.3 Å². The Morgan fingerprint density at radius 2 is 1.95 bits per heavy atom. The lowest BCUT2D eigenvalue weighted by Crippen LogP contribution is -2.20. The molecule has 1 N–H and O–H groups in total. The number of anilines is 1. The first-order valence-corrected chi connectivity index (χ1v) is 6.75. The molecule has 5 heteroatoms. The van der Waals surface area contributed by atoms with Crippen LogP contribution < -0.4 is 10.1 Å². The lowest BCUT2D eigenvalue weighted by molar-refractivity contribution is -0.118. The zero-order chi connectivity index (χ0) is 13.7. The monoisotopic (exact) mass is 339 g/mol. The van der Waals surface area contributed by atoms with Crippen molar-refractivity contribution in [2.45, 2.75) is 0 Å². The summed E-state index contributed by atoms with van der Waals surface area (Å²) in [4.78, 5) is 11.7. The van der Waals surface area contributed by atoms with Crippen molar-refractivity contribution in [2.24, 2.45) is 0 Å². The zero-order valence-electron chi connectivity index (χ0n) is 9.90. The first kappa shape index (κ1) is 13.9. The van der Waals surface area contributed by atoms with E-state index in [-0.39, 0.29) is 12.5 Å².